The van der Waals surface area contributed by atoms with Crippen molar-refractivity contribution in [2.45, 2.75) is 25.2 Å². The molecule has 1 aliphatic rings. The highest BCUT2D eigenvalue weighted by molar-refractivity contribution is 5.68. The standard InChI is InChI=1S/C25H24FN3O2.C9H12FN.C6H8.C3H4N2/c1-3-5-18(4-2)17-31-25(30)27-16-24(21-10-12-23(26)13-11-21)20-8-6-19(7-9-20)22-14-28-29-15-22;1-11-7-6-8-2-4-9(10)5-3-8;1-2-4-6-5-3-1;1-2-4-5-3-1/h3-15,24H,1-2,16-17H2,(H,27,30)(H,28,29);2-5,11H,6-7H2,1H3;1-4H,5-6H2;1-3H,(H,4,5)/b18-5+;;;. The summed E-state index contributed by atoms with van der Waals surface area (Å²) in [5, 5.41) is 18.8. The van der Waals surface area contributed by atoms with Crippen molar-refractivity contribution in [1.29, 1.82) is 0 Å². The second-order valence-electron chi connectivity index (χ2n) is 11.5. The highest BCUT2D eigenvalue weighted by Gasteiger charge is 2.17. The van der Waals surface area contributed by atoms with E-state index in [0.29, 0.717) is 6.54 Å². The Hall–Kier alpha value is -6.13. The average molecular weight is 719 g/mol. The van der Waals surface area contributed by atoms with Crippen LogP contribution < -0.4 is 10.6 Å². The first kappa shape index (κ1) is 41.3. The van der Waals surface area contributed by atoms with Gasteiger partial charge in [0.15, 0.2) is 0 Å². The summed E-state index contributed by atoms with van der Waals surface area (Å²) in [6.45, 7) is 8.63. The second kappa shape index (κ2) is 24.9. The van der Waals surface area contributed by atoms with Crippen molar-refractivity contribution in [1.82, 2.24) is 31.0 Å². The number of hydrogen-bond donors (Lipinski definition) is 4. The third-order valence-corrected chi connectivity index (χ3v) is 7.70. The van der Waals surface area contributed by atoms with Crippen molar-refractivity contribution in [3.63, 3.8) is 0 Å². The third kappa shape index (κ3) is 16.6. The van der Waals surface area contributed by atoms with E-state index in [1.165, 1.54) is 42.7 Å². The monoisotopic (exact) mass is 718 g/mol. The van der Waals surface area contributed by atoms with E-state index in [0.717, 1.165) is 40.8 Å². The Kier molecular flexibility index (Phi) is 19.4. The maximum absolute atomic E-state index is 13.4. The number of alkyl carbamates (subject to hydrolysis) is 1. The molecule has 3 aromatic carbocycles. The number of H-pyrrole nitrogens is 2. The lowest BCUT2D eigenvalue weighted by atomic mass is 9.90. The number of carbonyl (C=O) groups is 1. The fourth-order valence-electron chi connectivity index (χ4n) is 4.83. The molecule has 0 saturated heterocycles. The molecule has 2 heterocycles. The van der Waals surface area contributed by atoms with Gasteiger partial charge in [0.1, 0.15) is 18.2 Å². The van der Waals surface area contributed by atoms with Gasteiger partial charge < -0.3 is 15.4 Å². The molecule has 1 aliphatic carbocycles. The summed E-state index contributed by atoms with van der Waals surface area (Å²) < 4.78 is 31.1. The smallest absolute Gasteiger partial charge is 0.407 e. The predicted octanol–water partition coefficient (Wildman–Crippen LogP) is 9.26. The van der Waals surface area contributed by atoms with Crippen LogP contribution in [0.15, 0.2) is 165 Å². The van der Waals surface area contributed by atoms with Crippen LogP contribution in [0.4, 0.5) is 13.6 Å². The number of rotatable bonds is 12. The molecule has 0 fully saturated rings. The van der Waals surface area contributed by atoms with Crippen LogP contribution in [0, 0.1) is 11.6 Å². The van der Waals surface area contributed by atoms with Crippen molar-refractivity contribution < 1.29 is 18.3 Å². The lowest BCUT2D eigenvalue weighted by Crippen LogP contribution is -2.30. The molecule has 0 saturated carbocycles. The molecule has 1 atom stereocenters. The molecule has 0 radical (unpaired) electrons. The van der Waals surface area contributed by atoms with Gasteiger partial charge in [0, 0.05) is 36.6 Å². The van der Waals surface area contributed by atoms with E-state index in [4.69, 9.17) is 4.74 Å². The number of hydrogen-bond acceptors (Lipinski definition) is 5. The number of benzene rings is 3. The minimum absolute atomic E-state index is 0.0992. The molecule has 1 amide bonds. The Morgan fingerprint density at radius 1 is 0.887 bits per heavy atom. The zero-order chi connectivity index (χ0) is 37.9. The van der Waals surface area contributed by atoms with Crippen molar-refractivity contribution >= 4 is 6.09 Å². The molecule has 276 valence electrons. The van der Waals surface area contributed by atoms with E-state index in [2.05, 4.69) is 68.5 Å². The topological polar surface area (TPSA) is 108 Å². The largest absolute Gasteiger partial charge is 0.445 e. The molecule has 0 bridgehead atoms. The van der Waals surface area contributed by atoms with Gasteiger partial charge in [-0.1, -0.05) is 104 Å². The van der Waals surface area contributed by atoms with E-state index in [1.807, 2.05) is 55.7 Å². The summed E-state index contributed by atoms with van der Waals surface area (Å²) in [4.78, 5) is 12.2. The molecule has 4 N–H and O–H groups in total. The van der Waals surface area contributed by atoms with Crippen molar-refractivity contribution in [3.8, 4) is 11.1 Å². The molecular formula is C43H48F2N6O2. The first-order valence-electron chi connectivity index (χ1n) is 17.3. The molecular weight excluding hydrogens is 671 g/mol. The second-order valence-corrected chi connectivity index (χ2v) is 11.5. The molecule has 1 unspecified atom stereocenters. The van der Waals surface area contributed by atoms with Gasteiger partial charge in [-0.3, -0.25) is 10.2 Å². The van der Waals surface area contributed by atoms with Gasteiger partial charge >= 0.3 is 6.09 Å². The van der Waals surface area contributed by atoms with Gasteiger partial charge in [0.25, 0.3) is 0 Å². The Bertz CT molecular complexity index is 1790. The minimum Gasteiger partial charge on any atom is -0.445 e. The van der Waals surface area contributed by atoms with Gasteiger partial charge in [-0.15, -0.1) is 0 Å². The lowest BCUT2D eigenvalue weighted by molar-refractivity contribution is 0.156. The van der Waals surface area contributed by atoms with E-state index in [1.54, 1.807) is 49.0 Å². The Labute approximate surface area is 311 Å². The Balaban J connectivity index is 0.000000274. The quantitative estimate of drug-likeness (QED) is 0.0963. The highest BCUT2D eigenvalue weighted by Crippen LogP contribution is 2.27. The zero-order valence-corrected chi connectivity index (χ0v) is 30.1. The van der Waals surface area contributed by atoms with Crippen LogP contribution in [-0.4, -0.2) is 53.2 Å². The number of aromatic amines is 2. The number of allylic oxidation sites excluding steroid dienone is 6. The van der Waals surface area contributed by atoms with Crippen LogP contribution in [-0.2, 0) is 11.2 Å². The van der Waals surface area contributed by atoms with E-state index in [9.17, 15) is 13.6 Å². The zero-order valence-electron chi connectivity index (χ0n) is 30.1. The third-order valence-electron chi connectivity index (χ3n) is 7.70. The van der Waals surface area contributed by atoms with Gasteiger partial charge in [-0.05, 0) is 91.0 Å². The molecule has 8 nitrogen and oxygen atoms in total. The Morgan fingerprint density at radius 2 is 1.53 bits per heavy atom. The number of likely N-dealkylation sites (N-methyl/N-ethyl adjacent to an activating group) is 1. The summed E-state index contributed by atoms with van der Waals surface area (Å²) in [5.74, 6) is -0.650. The number of nitrogens with zero attached hydrogens (tertiary/aromatic N) is 2. The van der Waals surface area contributed by atoms with Crippen LogP contribution in [0.3, 0.4) is 0 Å². The summed E-state index contributed by atoms with van der Waals surface area (Å²) in [7, 11) is 1.91. The van der Waals surface area contributed by atoms with Crippen LogP contribution in [0.1, 0.15) is 35.4 Å². The van der Waals surface area contributed by atoms with Gasteiger partial charge in [0.2, 0.25) is 0 Å². The first-order chi connectivity index (χ1) is 25.9. The number of amides is 1. The summed E-state index contributed by atoms with van der Waals surface area (Å²) >= 11 is 0. The molecule has 0 spiro atoms. The molecule has 2 aromatic heterocycles. The molecule has 6 rings (SSSR count). The van der Waals surface area contributed by atoms with Gasteiger partial charge in [-0.2, -0.15) is 10.2 Å². The maximum atomic E-state index is 13.4. The average Bonchev–Trinajstić information content (AvgIpc) is 3.97. The van der Waals surface area contributed by atoms with Gasteiger partial charge in [-0.25, -0.2) is 13.6 Å². The molecule has 10 heteroatoms. The normalized spacial score (nSPS) is 12.0. The number of nitrogens with one attached hydrogen (secondary N) is 4. The summed E-state index contributed by atoms with van der Waals surface area (Å²) in [6, 6.07) is 22.7. The predicted molar refractivity (Wildman–Crippen MR) is 210 cm³/mol. The van der Waals surface area contributed by atoms with Crippen molar-refractivity contribution in [3.05, 3.63) is 193 Å². The van der Waals surface area contributed by atoms with E-state index >= 15 is 0 Å². The SMILES string of the molecule is C1=CCCC=C1.C=C/C=C(\C=C)COC(=O)NCC(c1ccc(F)cc1)c1ccc(-c2cn[nH]c2)cc1.CNCCc1ccc(F)cc1.c1cn[nH]c1. The van der Waals surface area contributed by atoms with E-state index < -0.39 is 6.09 Å². The molecule has 53 heavy (non-hydrogen) atoms. The Morgan fingerprint density at radius 3 is 2.00 bits per heavy atom. The van der Waals surface area contributed by atoms with E-state index in [-0.39, 0.29) is 24.2 Å². The number of halogens is 2. The van der Waals surface area contributed by atoms with Crippen molar-refractivity contribution in [2.24, 2.45) is 0 Å². The highest BCUT2D eigenvalue weighted by atomic mass is 19.1. The lowest BCUT2D eigenvalue weighted by Gasteiger charge is -2.19. The number of ether oxygens (including phenoxy) is 1. The van der Waals surface area contributed by atoms with Crippen LogP contribution in [0.2, 0.25) is 0 Å². The summed E-state index contributed by atoms with van der Waals surface area (Å²) in [5.41, 5.74) is 5.79. The van der Waals surface area contributed by atoms with Gasteiger partial charge in [0.05, 0.1) is 6.20 Å². The number of carbonyl (C=O) groups excluding carboxylic acids is 1. The summed E-state index contributed by atoms with van der Waals surface area (Å²) in [6.07, 6.45) is 23.4. The molecule has 0 aliphatic heterocycles. The minimum atomic E-state index is -0.543. The molecule has 5 aromatic rings. The first-order valence-corrected chi connectivity index (χ1v) is 17.3. The van der Waals surface area contributed by atoms with Crippen molar-refractivity contribution in [2.75, 3.05) is 26.7 Å². The fraction of sp³-hybridized carbons (Fsp3) is 0.186. The maximum Gasteiger partial charge on any atom is 0.407 e. The number of aromatic nitrogens is 4. The van der Waals surface area contributed by atoms with Crippen LogP contribution in [0.25, 0.3) is 11.1 Å². The fourth-order valence-corrected chi connectivity index (χ4v) is 4.83. The van der Waals surface area contributed by atoms with Crippen LogP contribution in [0.5, 0.6) is 0 Å². The van der Waals surface area contributed by atoms with Crippen LogP contribution >= 0.6 is 0 Å².